The zero-order valence-electron chi connectivity index (χ0n) is 7.53. The summed E-state index contributed by atoms with van der Waals surface area (Å²) in [6.45, 7) is 2.18. The van der Waals surface area contributed by atoms with E-state index in [1.807, 2.05) is 11.4 Å². The van der Waals surface area contributed by atoms with E-state index in [0.29, 0.717) is 11.8 Å². The molecule has 1 aromatic heterocycles. The standard InChI is InChI=1S/C10H13ClOS/c1-6-4-7(6)9(12)5-10-8(11)2-3-13-10/h2-3,6-7,9,12H,4-5H2,1H3. The molecule has 1 fully saturated rings. The molecule has 0 amide bonds. The Labute approximate surface area is 87.4 Å². The van der Waals surface area contributed by atoms with E-state index in [2.05, 4.69) is 6.92 Å². The lowest BCUT2D eigenvalue weighted by atomic mass is 10.1. The average molecular weight is 217 g/mol. The molecule has 72 valence electrons. The van der Waals surface area contributed by atoms with Crippen LogP contribution in [-0.4, -0.2) is 11.2 Å². The third kappa shape index (κ3) is 2.06. The zero-order chi connectivity index (χ0) is 9.42. The largest absolute Gasteiger partial charge is 0.392 e. The highest BCUT2D eigenvalue weighted by atomic mass is 35.5. The highest BCUT2D eigenvalue weighted by Crippen LogP contribution is 2.42. The van der Waals surface area contributed by atoms with E-state index < -0.39 is 0 Å². The Bertz CT molecular complexity index is 297. The van der Waals surface area contributed by atoms with Crippen molar-refractivity contribution >= 4 is 22.9 Å². The number of hydrogen-bond acceptors (Lipinski definition) is 2. The van der Waals surface area contributed by atoms with Gasteiger partial charge >= 0.3 is 0 Å². The Kier molecular flexibility index (Phi) is 2.63. The Morgan fingerprint density at radius 1 is 1.77 bits per heavy atom. The Hall–Kier alpha value is -0.0500. The van der Waals surface area contributed by atoms with Crippen LogP contribution in [0.5, 0.6) is 0 Å². The quantitative estimate of drug-likeness (QED) is 0.824. The molecule has 13 heavy (non-hydrogen) atoms. The molecule has 3 heteroatoms. The monoisotopic (exact) mass is 216 g/mol. The minimum Gasteiger partial charge on any atom is -0.392 e. The van der Waals surface area contributed by atoms with Crippen LogP contribution in [0, 0.1) is 11.8 Å². The van der Waals surface area contributed by atoms with Crippen molar-refractivity contribution in [2.24, 2.45) is 11.8 Å². The normalized spacial score (nSPS) is 28.8. The van der Waals surface area contributed by atoms with Gasteiger partial charge in [0.15, 0.2) is 0 Å². The van der Waals surface area contributed by atoms with Crippen molar-refractivity contribution in [3.63, 3.8) is 0 Å². The van der Waals surface area contributed by atoms with E-state index in [-0.39, 0.29) is 6.10 Å². The van der Waals surface area contributed by atoms with Crippen molar-refractivity contribution in [1.82, 2.24) is 0 Å². The van der Waals surface area contributed by atoms with E-state index in [1.54, 1.807) is 11.3 Å². The summed E-state index contributed by atoms with van der Waals surface area (Å²) in [7, 11) is 0. The first-order valence-corrected chi connectivity index (χ1v) is 5.84. The molecule has 1 heterocycles. The number of aliphatic hydroxyl groups is 1. The predicted molar refractivity (Wildman–Crippen MR) is 56.3 cm³/mol. The molecule has 2 rings (SSSR count). The van der Waals surface area contributed by atoms with Crippen LogP contribution >= 0.6 is 22.9 Å². The second kappa shape index (κ2) is 3.60. The molecular formula is C10H13ClOS. The molecule has 3 unspecified atom stereocenters. The first-order chi connectivity index (χ1) is 6.18. The molecule has 1 aromatic rings. The number of thiophene rings is 1. The number of halogens is 1. The molecule has 1 aliphatic rings. The van der Waals surface area contributed by atoms with E-state index in [4.69, 9.17) is 11.6 Å². The smallest absolute Gasteiger partial charge is 0.0619 e. The average Bonchev–Trinajstić information content (AvgIpc) is 2.68. The molecular weight excluding hydrogens is 204 g/mol. The van der Waals surface area contributed by atoms with E-state index in [9.17, 15) is 5.11 Å². The van der Waals surface area contributed by atoms with Gasteiger partial charge in [-0.15, -0.1) is 11.3 Å². The molecule has 1 saturated carbocycles. The van der Waals surface area contributed by atoms with Crippen LogP contribution in [-0.2, 0) is 6.42 Å². The summed E-state index contributed by atoms with van der Waals surface area (Å²) in [5, 5.41) is 12.6. The third-order valence-electron chi connectivity index (χ3n) is 2.75. The first-order valence-electron chi connectivity index (χ1n) is 4.58. The van der Waals surface area contributed by atoms with Gasteiger partial charge in [0, 0.05) is 11.3 Å². The van der Waals surface area contributed by atoms with Gasteiger partial charge in [0.2, 0.25) is 0 Å². The van der Waals surface area contributed by atoms with Gasteiger partial charge in [-0.05, 0) is 29.7 Å². The molecule has 0 saturated heterocycles. The van der Waals surface area contributed by atoms with Gasteiger partial charge in [-0.1, -0.05) is 18.5 Å². The van der Waals surface area contributed by atoms with E-state index in [1.165, 1.54) is 6.42 Å². The highest BCUT2D eigenvalue weighted by Gasteiger charge is 2.38. The molecule has 1 aliphatic carbocycles. The van der Waals surface area contributed by atoms with Crippen LogP contribution in [0.3, 0.4) is 0 Å². The van der Waals surface area contributed by atoms with Crippen molar-refractivity contribution in [2.75, 3.05) is 0 Å². The summed E-state index contributed by atoms with van der Waals surface area (Å²) in [5.41, 5.74) is 0. The maximum absolute atomic E-state index is 9.80. The van der Waals surface area contributed by atoms with Crippen molar-refractivity contribution in [3.8, 4) is 0 Å². The Balaban J connectivity index is 1.94. The van der Waals surface area contributed by atoms with Gasteiger partial charge in [0.25, 0.3) is 0 Å². The van der Waals surface area contributed by atoms with Gasteiger partial charge in [-0.3, -0.25) is 0 Å². The maximum Gasteiger partial charge on any atom is 0.0619 e. The van der Waals surface area contributed by atoms with Gasteiger partial charge in [-0.2, -0.15) is 0 Å². The van der Waals surface area contributed by atoms with Crippen molar-refractivity contribution in [1.29, 1.82) is 0 Å². The summed E-state index contributed by atoms with van der Waals surface area (Å²) in [6.07, 6.45) is 1.71. The minimum atomic E-state index is -0.189. The fourth-order valence-corrected chi connectivity index (χ4v) is 2.86. The highest BCUT2D eigenvalue weighted by molar-refractivity contribution is 7.10. The molecule has 3 atom stereocenters. The lowest BCUT2D eigenvalue weighted by molar-refractivity contribution is 0.147. The van der Waals surface area contributed by atoms with Crippen LogP contribution in [0.4, 0.5) is 0 Å². The Morgan fingerprint density at radius 3 is 2.92 bits per heavy atom. The second-order valence-electron chi connectivity index (χ2n) is 3.84. The molecule has 0 aliphatic heterocycles. The van der Waals surface area contributed by atoms with E-state index in [0.717, 1.165) is 16.3 Å². The molecule has 0 spiro atoms. The Morgan fingerprint density at radius 2 is 2.46 bits per heavy atom. The van der Waals surface area contributed by atoms with Crippen LogP contribution in [0.2, 0.25) is 5.02 Å². The summed E-state index contributed by atoms with van der Waals surface area (Å²) in [5.74, 6) is 1.21. The predicted octanol–water partition coefficient (Wildman–Crippen LogP) is 2.96. The maximum atomic E-state index is 9.80. The number of rotatable bonds is 3. The van der Waals surface area contributed by atoms with Gasteiger partial charge in [0.1, 0.15) is 0 Å². The van der Waals surface area contributed by atoms with Gasteiger partial charge < -0.3 is 5.11 Å². The van der Waals surface area contributed by atoms with Gasteiger partial charge in [-0.25, -0.2) is 0 Å². The van der Waals surface area contributed by atoms with Crippen molar-refractivity contribution in [3.05, 3.63) is 21.3 Å². The minimum absolute atomic E-state index is 0.189. The van der Waals surface area contributed by atoms with Crippen LogP contribution in [0.15, 0.2) is 11.4 Å². The van der Waals surface area contributed by atoms with Crippen LogP contribution in [0.1, 0.15) is 18.2 Å². The third-order valence-corrected chi connectivity index (χ3v) is 4.16. The molecule has 0 bridgehead atoms. The number of hydrogen-bond donors (Lipinski definition) is 1. The molecule has 1 nitrogen and oxygen atoms in total. The van der Waals surface area contributed by atoms with Crippen molar-refractivity contribution in [2.45, 2.75) is 25.9 Å². The second-order valence-corrected chi connectivity index (χ2v) is 5.25. The fourth-order valence-electron chi connectivity index (χ4n) is 1.70. The van der Waals surface area contributed by atoms with Gasteiger partial charge in [0.05, 0.1) is 11.1 Å². The summed E-state index contributed by atoms with van der Waals surface area (Å²) >= 11 is 7.58. The summed E-state index contributed by atoms with van der Waals surface area (Å²) in [4.78, 5) is 1.12. The lowest BCUT2D eigenvalue weighted by Crippen LogP contribution is -2.13. The molecule has 1 N–H and O–H groups in total. The molecule has 0 aromatic carbocycles. The lowest BCUT2D eigenvalue weighted by Gasteiger charge is -2.07. The van der Waals surface area contributed by atoms with Crippen LogP contribution < -0.4 is 0 Å². The summed E-state index contributed by atoms with van der Waals surface area (Å²) in [6, 6.07) is 1.89. The summed E-state index contributed by atoms with van der Waals surface area (Å²) < 4.78 is 0. The van der Waals surface area contributed by atoms with Crippen molar-refractivity contribution < 1.29 is 5.11 Å². The first kappa shape index (κ1) is 9.50. The van der Waals surface area contributed by atoms with Crippen LogP contribution in [0.25, 0.3) is 0 Å². The zero-order valence-corrected chi connectivity index (χ0v) is 9.11. The topological polar surface area (TPSA) is 20.2 Å². The molecule has 0 radical (unpaired) electrons. The van der Waals surface area contributed by atoms with E-state index >= 15 is 0 Å². The number of aliphatic hydroxyl groups excluding tert-OH is 1. The SMILES string of the molecule is CC1CC1C(O)Cc1sccc1Cl. The fraction of sp³-hybridized carbons (Fsp3) is 0.600.